The van der Waals surface area contributed by atoms with Crippen LogP contribution in [0.25, 0.3) is 0 Å². The van der Waals surface area contributed by atoms with Gasteiger partial charge in [0.15, 0.2) is 0 Å². The summed E-state index contributed by atoms with van der Waals surface area (Å²) in [5.74, 6) is -0.309. The third-order valence-electron chi connectivity index (χ3n) is 2.10. The van der Waals surface area contributed by atoms with Gasteiger partial charge >= 0.3 is 0 Å². The molecule has 2 heterocycles. The summed E-state index contributed by atoms with van der Waals surface area (Å²) in [4.78, 5) is 8.35. The van der Waals surface area contributed by atoms with Crippen molar-refractivity contribution in [2.24, 2.45) is 0 Å². The Morgan fingerprint density at radius 3 is 2.67 bits per heavy atom. The summed E-state index contributed by atoms with van der Waals surface area (Å²) < 4.78 is 12.6. The number of pyridine rings is 2. The molecule has 2 rings (SSSR count). The van der Waals surface area contributed by atoms with Gasteiger partial charge in [-0.3, -0.25) is 9.97 Å². The Bertz CT molecular complexity index is 451. The maximum absolute atomic E-state index is 12.6. The first-order valence-corrected chi connectivity index (χ1v) is 4.77. The second-order valence-corrected chi connectivity index (χ2v) is 3.41. The molecule has 0 aliphatic carbocycles. The average Bonchev–Trinajstić information content (AvgIpc) is 2.22. The SMILES string of the molecule is Cc1cccc(Cc2ccc(F)cn2)n1. The zero-order valence-electron chi connectivity index (χ0n) is 8.44. The summed E-state index contributed by atoms with van der Waals surface area (Å²) in [6.45, 7) is 1.95. The lowest BCUT2D eigenvalue weighted by atomic mass is 10.2. The van der Waals surface area contributed by atoms with Crippen LogP contribution in [0, 0.1) is 12.7 Å². The number of aromatic nitrogens is 2. The normalized spacial score (nSPS) is 10.3. The first-order chi connectivity index (χ1) is 7.24. The van der Waals surface area contributed by atoms with Gasteiger partial charge in [-0.25, -0.2) is 4.39 Å². The van der Waals surface area contributed by atoms with Gasteiger partial charge in [0.2, 0.25) is 0 Å². The Kier molecular flexibility index (Phi) is 2.72. The van der Waals surface area contributed by atoms with Crippen LogP contribution < -0.4 is 0 Å². The summed E-state index contributed by atoms with van der Waals surface area (Å²) >= 11 is 0. The smallest absolute Gasteiger partial charge is 0.141 e. The predicted octanol–water partition coefficient (Wildman–Crippen LogP) is 2.51. The molecule has 0 radical (unpaired) electrons. The fraction of sp³-hybridized carbons (Fsp3) is 0.167. The van der Waals surface area contributed by atoms with Gasteiger partial charge in [-0.05, 0) is 31.2 Å². The molecule has 2 nitrogen and oxygen atoms in total. The summed E-state index contributed by atoms with van der Waals surface area (Å²) in [6, 6.07) is 8.94. The van der Waals surface area contributed by atoms with Crippen molar-refractivity contribution in [2.75, 3.05) is 0 Å². The number of nitrogens with zero attached hydrogens (tertiary/aromatic N) is 2. The Hall–Kier alpha value is -1.77. The van der Waals surface area contributed by atoms with E-state index in [1.165, 1.54) is 12.3 Å². The molecule has 0 N–H and O–H groups in total. The molecule has 0 amide bonds. The Labute approximate surface area is 87.8 Å². The van der Waals surface area contributed by atoms with Gasteiger partial charge in [0.25, 0.3) is 0 Å². The summed E-state index contributed by atoms with van der Waals surface area (Å²) in [5, 5.41) is 0. The van der Waals surface area contributed by atoms with Crippen molar-refractivity contribution < 1.29 is 4.39 Å². The zero-order chi connectivity index (χ0) is 10.7. The molecule has 15 heavy (non-hydrogen) atoms. The minimum Gasteiger partial charge on any atom is -0.258 e. The second-order valence-electron chi connectivity index (χ2n) is 3.41. The molecule has 0 unspecified atom stereocenters. The minimum atomic E-state index is -0.309. The van der Waals surface area contributed by atoms with E-state index < -0.39 is 0 Å². The maximum Gasteiger partial charge on any atom is 0.141 e. The van der Waals surface area contributed by atoms with Crippen LogP contribution in [0.1, 0.15) is 17.1 Å². The van der Waals surface area contributed by atoms with Crippen LogP contribution in [0.15, 0.2) is 36.5 Å². The summed E-state index contributed by atoms with van der Waals surface area (Å²) in [5.41, 5.74) is 2.76. The van der Waals surface area contributed by atoms with Crippen molar-refractivity contribution in [3.63, 3.8) is 0 Å². The summed E-state index contributed by atoms with van der Waals surface area (Å²) in [7, 11) is 0. The van der Waals surface area contributed by atoms with E-state index in [2.05, 4.69) is 9.97 Å². The lowest BCUT2D eigenvalue weighted by Gasteiger charge is -2.01. The molecule has 0 saturated heterocycles. The highest BCUT2D eigenvalue weighted by molar-refractivity contribution is 5.17. The largest absolute Gasteiger partial charge is 0.258 e. The van der Waals surface area contributed by atoms with Crippen LogP contribution in [-0.2, 0) is 6.42 Å². The van der Waals surface area contributed by atoms with E-state index in [0.29, 0.717) is 6.42 Å². The molecule has 0 atom stereocenters. The summed E-state index contributed by atoms with van der Waals surface area (Å²) in [6.07, 6.45) is 1.87. The van der Waals surface area contributed by atoms with Crippen molar-refractivity contribution in [1.29, 1.82) is 0 Å². The number of halogens is 1. The molecule has 76 valence electrons. The number of hydrogen-bond acceptors (Lipinski definition) is 2. The Morgan fingerprint density at radius 1 is 1.13 bits per heavy atom. The lowest BCUT2D eigenvalue weighted by molar-refractivity contribution is 0.619. The molecule has 2 aromatic rings. The van der Waals surface area contributed by atoms with Gasteiger partial charge in [-0.1, -0.05) is 6.07 Å². The first kappa shape index (κ1) is 9.77. The Morgan fingerprint density at radius 2 is 2.00 bits per heavy atom. The van der Waals surface area contributed by atoms with Gasteiger partial charge in [0.05, 0.1) is 6.20 Å². The van der Waals surface area contributed by atoms with Gasteiger partial charge < -0.3 is 0 Å². The van der Waals surface area contributed by atoms with Gasteiger partial charge in [0, 0.05) is 23.5 Å². The van der Waals surface area contributed by atoms with Gasteiger partial charge in [-0.2, -0.15) is 0 Å². The third kappa shape index (κ3) is 2.59. The molecule has 2 aromatic heterocycles. The van der Waals surface area contributed by atoms with Crippen LogP contribution in [0.5, 0.6) is 0 Å². The van der Waals surface area contributed by atoms with E-state index >= 15 is 0 Å². The molecule has 0 fully saturated rings. The van der Waals surface area contributed by atoms with Gasteiger partial charge in [0.1, 0.15) is 5.82 Å². The third-order valence-corrected chi connectivity index (χ3v) is 2.10. The van der Waals surface area contributed by atoms with Crippen molar-refractivity contribution in [2.45, 2.75) is 13.3 Å². The van der Waals surface area contributed by atoms with Crippen molar-refractivity contribution in [1.82, 2.24) is 9.97 Å². The van der Waals surface area contributed by atoms with E-state index in [1.54, 1.807) is 6.07 Å². The number of rotatable bonds is 2. The van der Waals surface area contributed by atoms with Crippen molar-refractivity contribution >= 4 is 0 Å². The molecule has 0 spiro atoms. The average molecular weight is 202 g/mol. The highest BCUT2D eigenvalue weighted by Crippen LogP contribution is 2.06. The van der Waals surface area contributed by atoms with E-state index in [1.807, 2.05) is 25.1 Å². The van der Waals surface area contributed by atoms with Crippen LogP contribution in [0.3, 0.4) is 0 Å². The topological polar surface area (TPSA) is 25.8 Å². The molecule has 0 aliphatic rings. The first-order valence-electron chi connectivity index (χ1n) is 4.77. The van der Waals surface area contributed by atoms with E-state index in [-0.39, 0.29) is 5.82 Å². The standard InChI is InChI=1S/C12H11FN2/c1-9-3-2-4-12(15-9)7-11-6-5-10(13)8-14-11/h2-6,8H,7H2,1H3. The molecule has 0 saturated carbocycles. The van der Waals surface area contributed by atoms with Crippen LogP contribution in [0.2, 0.25) is 0 Å². The number of aryl methyl sites for hydroxylation is 1. The van der Waals surface area contributed by atoms with E-state index in [9.17, 15) is 4.39 Å². The predicted molar refractivity (Wildman–Crippen MR) is 56.0 cm³/mol. The minimum absolute atomic E-state index is 0.309. The lowest BCUT2D eigenvalue weighted by Crippen LogP contribution is -1.96. The van der Waals surface area contributed by atoms with Crippen LogP contribution in [0.4, 0.5) is 4.39 Å². The fourth-order valence-electron chi connectivity index (χ4n) is 1.39. The number of hydrogen-bond donors (Lipinski definition) is 0. The second kappa shape index (κ2) is 4.17. The monoisotopic (exact) mass is 202 g/mol. The van der Waals surface area contributed by atoms with E-state index in [4.69, 9.17) is 0 Å². The van der Waals surface area contributed by atoms with Crippen LogP contribution >= 0.6 is 0 Å². The Balaban J connectivity index is 2.18. The molecule has 0 aromatic carbocycles. The molecular weight excluding hydrogens is 191 g/mol. The zero-order valence-corrected chi connectivity index (χ0v) is 8.44. The molecule has 3 heteroatoms. The molecular formula is C12H11FN2. The fourth-order valence-corrected chi connectivity index (χ4v) is 1.39. The quantitative estimate of drug-likeness (QED) is 0.747. The molecule has 0 bridgehead atoms. The van der Waals surface area contributed by atoms with Crippen molar-refractivity contribution in [3.05, 3.63) is 59.4 Å². The van der Waals surface area contributed by atoms with Gasteiger partial charge in [-0.15, -0.1) is 0 Å². The van der Waals surface area contributed by atoms with Crippen LogP contribution in [-0.4, -0.2) is 9.97 Å². The highest BCUT2D eigenvalue weighted by atomic mass is 19.1. The van der Waals surface area contributed by atoms with Crippen molar-refractivity contribution in [3.8, 4) is 0 Å². The van der Waals surface area contributed by atoms with E-state index in [0.717, 1.165) is 17.1 Å². The highest BCUT2D eigenvalue weighted by Gasteiger charge is 1.99. The molecule has 0 aliphatic heterocycles. The maximum atomic E-state index is 12.6.